The van der Waals surface area contributed by atoms with E-state index in [1.54, 1.807) is 45.2 Å². The van der Waals surface area contributed by atoms with E-state index in [0.29, 0.717) is 17.9 Å². The normalized spacial score (nSPS) is 11.2. The number of para-hydroxylation sites is 1. The molecule has 2 N–H and O–H groups in total. The molecule has 0 unspecified atom stereocenters. The van der Waals surface area contributed by atoms with Crippen LogP contribution in [-0.4, -0.2) is 20.7 Å². The molecule has 0 aliphatic carbocycles. The molecule has 0 radical (unpaired) electrons. The monoisotopic (exact) mass is 387 g/mol. The Morgan fingerprint density at radius 1 is 1.04 bits per heavy atom. The number of nitrogens with one attached hydrogen (secondary N) is 2. The lowest BCUT2D eigenvalue weighted by Crippen LogP contribution is -2.14. The predicted octanol–water partition coefficient (Wildman–Crippen LogP) is 3.71. The highest BCUT2D eigenvalue weighted by molar-refractivity contribution is 7.92. The second kappa shape index (κ2) is 7.71. The Labute approximate surface area is 158 Å². The Hall–Kier alpha value is -3.00. The molecule has 3 aromatic rings. The van der Waals surface area contributed by atoms with Gasteiger partial charge in [-0.05, 0) is 44.2 Å². The molecule has 0 amide bonds. The van der Waals surface area contributed by atoms with Gasteiger partial charge in [-0.15, -0.1) is 0 Å². The minimum Gasteiger partial charge on any atom is -0.496 e. The van der Waals surface area contributed by atoms with Crippen molar-refractivity contribution in [1.29, 1.82) is 0 Å². The molecular formula is C19H21N3O4S. The maximum Gasteiger partial charge on any atom is 0.267 e. The fourth-order valence-electron chi connectivity index (χ4n) is 2.77. The first kappa shape index (κ1) is 18.8. The number of benzene rings is 2. The SMILES string of the molecule is COc1ccccc1CNc1ccc(NS(=O)(=O)c2c(C)noc2C)cc1. The number of rotatable bonds is 7. The van der Waals surface area contributed by atoms with Crippen LogP contribution in [0.4, 0.5) is 11.4 Å². The van der Waals surface area contributed by atoms with Crippen LogP contribution in [0.3, 0.4) is 0 Å². The summed E-state index contributed by atoms with van der Waals surface area (Å²) >= 11 is 0. The second-order valence-electron chi connectivity index (χ2n) is 6.00. The zero-order valence-electron chi connectivity index (χ0n) is 15.3. The summed E-state index contributed by atoms with van der Waals surface area (Å²) in [5, 5.41) is 6.98. The average molecular weight is 387 g/mol. The topological polar surface area (TPSA) is 93.5 Å². The number of ether oxygens (including phenoxy) is 1. The fourth-order valence-corrected chi connectivity index (χ4v) is 4.16. The number of sulfonamides is 1. The molecule has 0 fully saturated rings. The van der Waals surface area contributed by atoms with Crippen molar-refractivity contribution in [2.75, 3.05) is 17.1 Å². The highest BCUT2D eigenvalue weighted by Crippen LogP contribution is 2.24. The Morgan fingerprint density at radius 3 is 2.33 bits per heavy atom. The second-order valence-corrected chi connectivity index (χ2v) is 7.62. The zero-order chi connectivity index (χ0) is 19.4. The van der Waals surface area contributed by atoms with E-state index in [1.165, 1.54) is 0 Å². The third kappa shape index (κ3) is 4.22. The molecule has 142 valence electrons. The lowest BCUT2D eigenvalue weighted by Gasteiger charge is -2.11. The smallest absolute Gasteiger partial charge is 0.267 e. The van der Waals surface area contributed by atoms with Gasteiger partial charge in [0.05, 0.1) is 7.11 Å². The van der Waals surface area contributed by atoms with Gasteiger partial charge in [0.15, 0.2) is 10.7 Å². The Kier molecular flexibility index (Phi) is 5.36. The van der Waals surface area contributed by atoms with E-state index in [4.69, 9.17) is 9.26 Å². The lowest BCUT2D eigenvalue weighted by atomic mass is 10.2. The molecule has 3 rings (SSSR count). The third-order valence-corrected chi connectivity index (χ3v) is 5.67. The van der Waals surface area contributed by atoms with Crippen LogP contribution in [0.1, 0.15) is 17.0 Å². The minimum atomic E-state index is -3.75. The number of aromatic nitrogens is 1. The van der Waals surface area contributed by atoms with Gasteiger partial charge >= 0.3 is 0 Å². The summed E-state index contributed by atoms with van der Waals surface area (Å²) in [6.07, 6.45) is 0. The standard InChI is InChI=1S/C19H21N3O4S/c1-13-19(14(2)26-21-13)27(23,24)22-17-10-8-16(9-11-17)20-12-15-6-4-5-7-18(15)25-3/h4-11,20,22H,12H2,1-3H3. The van der Waals surface area contributed by atoms with Crippen molar-refractivity contribution in [2.45, 2.75) is 25.3 Å². The summed E-state index contributed by atoms with van der Waals surface area (Å²) < 4.78 is 37.9. The largest absolute Gasteiger partial charge is 0.496 e. The van der Waals surface area contributed by atoms with Crippen molar-refractivity contribution < 1.29 is 17.7 Å². The number of anilines is 2. The van der Waals surface area contributed by atoms with E-state index < -0.39 is 10.0 Å². The van der Waals surface area contributed by atoms with Crippen molar-refractivity contribution in [3.8, 4) is 5.75 Å². The van der Waals surface area contributed by atoms with Crippen LogP contribution in [0.2, 0.25) is 0 Å². The van der Waals surface area contributed by atoms with Gasteiger partial charge in [0.2, 0.25) is 0 Å². The Balaban J connectivity index is 1.69. The molecule has 7 nitrogen and oxygen atoms in total. The molecule has 0 bridgehead atoms. The Morgan fingerprint density at radius 2 is 1.70 bits per heavy atom. The van der Waals surface area contributed by atoms with Crippen LogP contribution in [0, 0.1) is 13.8 Å². The molecule has 8 heteroatoms. The minimum absolute atomic E-state index is 0.0703. The Bertz CT molecular complexity index is 1010. The fraction of sp³-hybridized carbons (Fsp3) is 0.211. The molecule has 0 aliphatic rings. The van der Waals surface area contributed by atoms with Crippen LogP contribution in [0.5, 0.6) is 5.75 Å². The van der Waals surface area contributed by atoms with Crippen molar-refractivity contribution in [3.63, 3.8) is 0 Å². The van der Waals surface area contributed by atoms with Crippen LogP contribution in [-0.2, 0) is 16.6 Å². The van der Waals surface area contributed by atoms with Crippen LogP contribution < -0.4 is 14.8 Å². The van der Waals surface area contributed by atoms with Gasteiger partial charge in [-0.2, -0.15) is 0 Å². The van der Waals surface area contributed by atoms with Gasteiger partial charge in [0.25, 0.3) is 10.0 Å². The van der Waals surface area contributed by atoms with Gasteiger partial charge in [-0.25, -0.2) is 8.42 Å². The molecule has 27 heavy (non-hydrogen) atoms. The van der Waals surface area contributed by atoms with Crippen LogP contribution in [0.25, 0.3) is 0 Å². The zero-order valence-corrected chi connectivity index (χ0v) is 16.1. The lowest BCUT2D eigenvalue weighted by molar-refractivity contribution is 0.390. The summed E-state index contributed by atoms with van der Waals surface area (Å²) in [7, 11) is -2.11. The highest BCUT2D eigenvalue weighted by Gasteiger charge is 2.24. The first-order valence-corrected chi connectivity index (χ1v) is 9.80. The maximum absolute atomic E-state index is 12.5. The number of aryl methyl sites for hydroxylation is 2. The molecule has 0 atom stereocenters. The summed E-state index contributed by atoms with van der Waals surface area (Å²) in [6.45, 7) is 3.75. The summed E-state index contributed by atoms with van der Waals surface area (Å²) in [4.78, 5) is 0.0703. The molecule has 0 saturated carbocycles. The molecule has 0 aliphatic heterocycles. The summed E-state index contributed by atoms with van der Waals surface area (Å²) in [6, 6.07) is 14.8. The molecular weight excluding hydrogens is 366 g/mol. The molecule has 0 saturated heterocycles. The number of methoxy groups -OCH3 is 1. The molecule has 0 spiro atoms. The van der Waals surface area contributed by atoms with Crippen molar-refractivity contribution in [3.05, 3.63) is 65.5 Å². The number of hydrogen-bond acceptors (Lipinski definition) is 6. The first-order valence-electron chi connectivity index (χ1n) is 8.32. The average Bonchev–Trinajstić information content (AvgIpc) is 3.00. The summed E-state index contributed by atoms with van der Waals surface area (Å²) in [5.41, 5.74) is 2.68. The van der Waals surface area contributed by atoms with Gasteiger partial charge in [-0.1, -0.05) is 23.4 Å². The van der Waals surface area contributed by atoms with E-state index in [1.807, 2.05) is 24.3 Å². The van der Waals surface area contributed by atoms with Crippen molar-refractivity contribution >= 4 is 21.4 Å². The number of nitrogens with zero attached hydrogens (tertiary/aromatic N) is 1. The van der Waals surface area contributed by atoms with Gasteiger partial charge in [-0.3, -0.25) is 4.72 Å². The molecule has 2 aromatic carbocycles. The van der Waals surface area contributed by atoms with E-state index >= 15 is 0 Å². The third-order valence-electron chi connectivity index (χ3n) is 4.05. The summed E-state index contributed by atoms with van der Waals surface area (Å²) in [5.74, 6) is 1.07. The van der Waals surface area contributed by atoms with Gasteiger partial charge in [0, 0.05) is 23.5 Å². The maximum atomic E-state index is 12.5. The van der Waals surface area contributed by atoms with E-state index in [-0.39, 0.29) is 10.7 Å². The highest BCUT2D eigenvalue weighted by atomic mass is 32.2. The molecule has 1 aromatic heterocycles. The van der Waals surface area contributed by atoms with E-state index in [2.05, 4.69) is 15.2 Å². The number of hydrogen-bond donors (Lipinski definition) is 2. The van der Waals surface area contributed by atoms with E-state index in [9.17, 15) is 8.42 Å². The van der Waals surface area contributed by atoms with Crippen molar-refractivity contribution in [2.24, 2.45) is 0 Å². The van der Waals surface area contributed by atoms with Crippen LogP contribution in [0.15, 0.2) is 57.9 Å². The van der Waals surface area contributed by atoms with E-state index in [0.717, 1.165) is 17.0 Å². The first-order chi connectivity index (χ1) is 12.9. The quantitative estimate of drug-likeness (QED) is 0.642. The van der Waals surface area contributed by atoms with Crippen molar-refractivity contribution in [1.82, 2.24) is 5.16 Å². The molecule has 1 heterocycles. The van der Waals surface area contributed by atoms with Gasteiger partial charge < -0.3 is 14.6 Å². The van der Waals surface area contributed by atoms with Crippen LogP contribution >= 0.6 is 0 Å². The van der Waals surface area contributed by atoms with Gasteiger partial charge in [0.1, 0.15) is 11.4 Å². The predicted molar refractivity (Wildman–Crippen MR) is 104 cm³/mol.